The molecule has 3 fully saturated rings. The maximum atomic E-state index is 9.92. The molecule has 3 aliphatic rings. The normalized spacial score (nSPS) is 36.6. The van der Waals surface area contributed by atoms with Crippen molar-refractivity contribution in [2.24, 2.45) is 11.3 Å². The molecule has 0 aromatic heterocycles. The summed E-state index contributed by atoms with van der Waals surface area (Å²) < 4.78 is 0. The Hall–Kier alpha value is -0.640. The molecule has 3 saturated carbocycles. The summed E-state index contributed by atoms with van der Waals surface area (Å²) in [7, 11) is 0. The fraction of sp³-hybridized carbons (Fsp3) is 0.833. The van der Waals surface area contributed by atoms with Gasteiger partial charge in [-0.2, -0.15) is 0 Å². The highest BCUT2D eigenvalue weighted by Gasteiger charge is 2.40. The van der Waals surface area contributed by atoms with E-state index in [1.54, 1.807) is 5.57 Å². The lowest BCUT2D eigenvalue weighted by molar-refractivity contribution is 0.0608. The first-order valence-electron chi connectivity index (χ1n) is 11.2. The summed E-state index contributed by atoms with van der Waals surface area (Å²) in [6, 6.07) is 0. The molecule has 3 nitrogen and oxygen atoms in total. The van der Waals surface area contributed by atoms with Crippen molar-refractivity contribution in [3.8, 4) is 0 Å². The van der Waals surface area contributed by atoms with Crippen LogP contribution in [0.3, 0.4) is 0 Å². The van der Waals surface area contributed by atoms with Gasteiger partial charge in [0, 0.05) is 0 Å². The van der Waals surface area contributed by atoms with Crippen molar-refractivity contribution in [3.63, 3.8) is 0 Å². The maximum Gasteiger partial charge on any atom is 0.0602 e. The van der Waals surface area contributed by atoms with Crippen LogP contribution in [0.2, 0.25) is 0 Å². The third kappa shape index (κ3) is 6.44. The molecular formula is C24H40O3. The number of allylic oxidation sites excluding steroid dienone is 3. The SMILES string of the molecule is CC(C)(O)CCC[C@H]1CC[C@]2(CCC/C(=C/C=C3C[C@@H](O)C[C@H](O)C3)C2)C1. The zero-order valence-corrected chi connectivity index (χ0v) is 17.4. The monoisotopic (exact) mass is 376 g/mol. The second kappa shape index (κ2) is 8.80. The molecule has 0 aromatic carbocycles. The van der Waals surface area contributed by atoms with Crippen LogP contribution in [0.25, 0.3) is 0 Å². The van der Waals surface area contributed by atoms with Gasteiger partial charge in [-0.1, -0.05) is 36.1 Å². The van der Waals surface area contributed by atoms with Crippen molar-refractivity contribution in [1.82, 2.24) is 0 Å². The van der Waals surface area contributed by atoms with Crippen LogP contribution in [-0.4, -0.2) is 33.1 Å². The van der Waals surface area contributed by atoms with Crippen LogP contribution in [0.15, 0.2) is 23.3 Å². The van der Waals surface area contributed by atoms with Gasteiger partial charge < -0.3 is 15.3 Å². The van der Waals surface area contributed by atoms with E-state index in [1.807, 2.05) is 13.8 Å². The summed E-state index contributed by atoms with van der Waals surface area (Å²) in [6.07, 6.45) is 18.2. The maximum absolute atomic E-state index is 9.92. The van der Waals surface area contributed by atoms with Crippen LogP contribution in [-0.2, 0) is 0 Å². The minimum atomic E-state index is -0.523. The fourth-order valence-corrected chi connectivity index (χ4v) is 5.82. The molecule has 3 heteroatoms. The molecule has 0 amide bonds. The van der Waals surface area contributed by atoms with Crippen LogP contribution in [0.1, 0.15) is 97.3 Å². The van der Waals surface area contributed by atoms with Gasteiger partial charge in [0.2, 0.25) is 0 Å². The van der Waals surface area contributed by atoms with E-state index >= 15 is 0 Å². The van der Waals surface area contributed by atoms with Gasteiger partial charge in [0.15, 0.2) is 0 Å². The smallest absolute Gasteiger partial charge is 0.0602 e. The number of aliphatic hydroxyl groups is 3. The molecule has 1 spiro atoms. The van der Waals surface area contributed by atoms with Crippen LogP contribution in [0.5, 0.6) is 0 Å². The van der Waals surface area contributed by atoms with Crippen molar-refractivity contribution < 1.29 is 15.3 Å². The van der Waals surface area contributed by atoms with Gasteiger partial charge in [-0.25, -0.2) is 0 Å². The quantitative estimate of drug-likeness (QED) is 0.629. The first kappa shape index (κ1) is 21.1. The van der Waals surface area contributed by atoms with Crippen LogP contribution in [0, 0.1) is 11.3 Å². The molecule has 0 aromatic rings. The number of hydrogen-bond acceptors (Lipinski definition) is 3. The summed E-state index contributed by atoms with van der Waals surface area (Å²) in [5.74, 6) is 0.841. The van der Waals surface area contributed by atoms with E-state index in [4.69, 9.17) is 0 Å². The van der Waals surface area contributed by atoms with Gasteiger partial charge in [-0.15, -0.1) is 0 Å². The van der Waals surface area contributed by atoms with Gasteiger partial charge in [0.05, 0.1) is 17.8 Å². The van der Waals surface area contributed by atoms with Crippen molar-refractivity contribution in [2.75, 3.05) is 0 Å². The highest BCUT2D eigenvalue weighted by atomic mass is 16.3. The molecule has 0 radical (unpaired) electrons. The molecule has 3 aliphatic carbocycles. The minimum absolute atomic E-state index is 0.379. The van der Waals surface area contributed by atoms with Crippen molar-refractivity contribution in [2.45, 2.75) is 115 Å². The van der Waals surface area contributed by atoms with E-state index in [2.05, 4.69) is 12.2 Å². The van der Waals surface area contributed by atoms with Crippen LogP contribution >= 0.6 is 0 Å². The van der Waals surface area contributed by atoms with E-state index in [1.165, 1.54) is 56.9 Å². The fourth-order valence-electron chi connectivity index (χ4n) is 5.82. The van der Waals surface area contributed by atoms with E-state index in [9.17, 15) is 15.3 Å². The Labute approximate surface area is 165 Å². The Morgan fingerprint density at radius 1 is 1.07 bits per heavy atom. The largest absolute Gasteiger partial charge is 0.393 e. The van der Waals surface area contributed by atoms with Crippen LogP contribution < -0.4 is 0 Å². The molecule has 3 N–H and O–H groups in total. The topological polar surface area (TPSA) is 60.7 Å². The summed E-state index contributed by atoms with van der Waals surface area (Å²) in [5, 5.41) is 29.7. The number of aliphatic hydroxyl groups excluding tert-OH is 2. The molecule has 0 heterocycles. The van der Waals surface area contributed by atoms with Crippen LogP contribution in [0.4, 0.5) is 0 Å². The Morgan fingerprint density at radius 2 is 1.78 bits per heavy atom. The van der Waals surface area contributed by atoms with E-state index in [-0.39, 0.29) is 12.2 Å². The molecular weight excluding hydrogens is 336 g/mol. The lowest BCUT2D eigenvalue weighted by atomic mass is 9.70. The molecule has 4 atom stereocenters. The molecule has 154 valence electrons. The van der Waals surface area contributed by atoms with E-state index in [0.29, 0.717) is 11.8 Å². The standard InChI is InChI=1S/C24H40O3/c1-23(2,27)10-3-5-19-9-12-24(17-19)11-4-6-18(16-24)7-8-20-13-21(25)15-22(26)14-20/h7-8,19,21-22,25-27H,3-6,9-17H2,1-2H3/b18-7-/t19-,21+,22+,24-/m0/s1. The molecule has 27 heavy (non-hydrogen) atoms. The third-order valence-corrected chi connectivity index (χ3v) is 7.11. The predicted octanol–water partition coefficient (Wildman–Crippen LogP) is 5.05. The molecule has 3 rings (SSSR count). The molecule has 0 aliphatic heterocycles. The molecule has 0 saturated heterocycles. The average Bonchev–Trinajstić information content (AvgIpc) is 2.93. The summed E-state index contributed by atoms with van der Waals surface area (Å²) in [4.78, 5) is 0. The predicted molar refractivity (Wildman–Crippen MR) is 110 cm³/mol. The van der Waals surface area contributed by atoms with Gasteiger partial charge in [0.25, 0.3) is 0 Å². The first-order chi connectivity index (χ1) is 12.7. The lowest BCUT2D eigenvalue weighted by Gasteiger charge is -2.35. The first-order valence-corrected chi connectivity index (χ1v) is 11.2. The Balaban J connectivity index is 1.53. The van der Waals surface area contributed by atoms with Crippen molar-refractivity contribution in [3.05, 3.63) is 23.3 Å². The highest BCUT2D eigenvalue weighted by Crippen LogP contribution is 2.53. The third-order valence-electron chi connectivity index (χ3n) is 7.11. The Kier molecular flexibility index (Phi) is 6.87. The number of rotatable bonds is 5. The summed E-state index contributed by atoms with van der Waals surface area (Å²) in [5.41, 5.74) is 2.77. The van der Waals surface area contributed by atoms with E-state index in [0.717, 1.165) is 31.6 Å². The Morgan fingerprint density at radius 3 is 2.48 bits per heavy atom. The van der Waals surface area contributed by atoms with E-state index < -0.39 is 5.60 Å². The lowest BCUT2D eigenvalue weighted by Crippen LogP contribution is -2.24. The minimum Gasteiger partial charge on any atom is -0.393 e. The summed E-state index contributed by atoms with van der Waals surface area (Å²) in [6.45, 7) is 3.83. The number of hydrogen-bond donors (Lipinski definition) is 3. The van der Waals surface area contributed by atoms with Gasteiger partial charge in [0.1, 0.15) is 0 Å². The van der Waals surface area contributed by atoms with Gasteiger partial charge in [-0.3, -0.25) is 0 Å². The van der Waals surface area contributed by atoms with Gasteiger partial charge >= 0.3 is 0 Å². The molecule has 0 unspecified atom stereocenters. The second-order valence-electron chi connectivity index (χ2n) is 10.4. The highest BCUT2D eigenvalue weighted by molar-refractivity contribution is 5.22. The Bertz CT molecular complexity index is 544. The van der Waals surface area contributed by atoms with Crippen molar-refractivity contribution in [1.29, 1.82) is 0 Å². The zero-order chi connectivity index (χ0) is 19.5. The summed E-state index contributed by atoms with van der Waals surface area (Å²) >= 11 is 0. The average molecular weight is 377 g/mol. The zero-order valence-electron chi connectivity index (χ0n) is 17.4. The van der Waals surface area contributed by atoms with Crippen molar-refractivity contribution >= 4 is 0 Å². The second-order valence-corrected chi connectivity index (χ2v) is 10.4. The molecule has 0 bridgehead atoms. The van der Waals surface area contributed by atoms with Gasteiger partial charge in [-0.05, 0) is 95.8 Å².